The van der Waals surface area contributed by atoms with Crippen molar-refractivity contribution in [1.29, 1.82) is 0 Å². The van der Waals surface area contributed by atoms with Crippen molar-refractivity contribution in [2.75, 3.05) is 10.7 Å². The Hall–Kier alpha value is 0.960. The SMILES string of the molecule is CC(C)(CBr)CC(C)(C)CCBr. The Morgan fingerprint density at radius 2 is 1.42 bits per heavy atom. The molecule has 0 aromatic rings. The molecule has 0 nitrogen and oxygen atoms in total. The van der Waals surface area contributed by atoms with Gasteiger partial charge in [-0.05, 0) is 23.7 Å². The predicted molar refractivity (Wildman–Crippen MR) is 64.4 cm³/mol. The summed E-state index contributed by atoms with van der Waals surface area (Å²) in [6.45, 7) is 9.33. The number of hydrogen-bond donors (Lipinski definition) is 0. The second-order valence-corrected chi connectivity index (χ2v) is 6.43. The zero-order chi connectivity index (χ0) is 9.83. The molecule has 0 atom stereocenters. The molecule has 0 bridgehead atoms. The summed E-state index contributed by atoms with van der Waals surface area (Å²) in [4.78, 5) is 0. The van der Waals surface area contributed by atoms with Crippen LogP contribution in [0.4, 0.5) is 0 Å². The molecular weight excluding hydrogens is 280 g/mol. The van der Waals surface area contributed by atoms with Crippen LogP contribution in [0.1, 0.15) is 40.5 Å². The second-order valence-electron chi connectivity index (χ2n) is 5.08. The van der Waals surface area contributed by atoms with Crippen LogP contribution < -0.4 is 0 Å². The molecule has 2 heteroatoms. The smallest absolute Gasteiger partial charge is 0.00828 e. The molecule has 74 valence electrons. The van der Waals surface area contributed by atoms with Gasteiger partial charge in [0, 0.05) is 10.7 Å². The number of alkyl halides is 2. The lowest BCUT2D eigenvalue weighted by Crippen LogP contribution is -2.24. The molecule has 0 saturated heterocycles. The highest BCUT2D eigenvalue weighted by atomic mass is 79.9. The molecule has 0 heterocycles. The van der Waals surface area contributed by atoms with Crippen LogP contribution in [0.25, 0.3) is 0 Å². The van der Waals surface area contributed by atoms with Crippen LogP contribution in [0.2, 0.25) is 0 Å². The Labute approximate surface area is 93.8 Å². The van der Waals surface area contributed by atoms with Gasteiger partial charge in [-0.2, -0.15) is 0 Å². The van der Waals surface area contributed by atoms with E-state index in [-0.39, 0.29) is 0 Å². The molecule has 0 fully saturated rings. The molecule has 0 aliphatic rings. The molecule has 0 spiro atoms. The van der Waals surface area contributed by atoms with Crippen LogP contribution in [0.15, 0.2) is 0 Å². The van der Waals surface area contributed by atoms with Gasteiger partial charge in [0.05, 0.1) is 0 Å². The summed E-state index contributed by atoms with van der Waals surface area (Å²) in [5, 5.41) is 2.20. The molecule has 0 rings (SSSR count). The summed E-state index contributed by atoms with van der Waals surface area (Å²) in [6.07, 6.45) is 2.53. The highest BCUT2D eigenvalue weighted by Crippen LogP contribution is 2.37. The van der Waals surface area contributed by atoms with Crippen molar-refractivity contribution in [2.24, 2.45) is 10.8 Å². The molecule has 0 radical (unpaired) electrons. The first-order chi connectivity index (χ1) is 5.33. The average molecular weight is 300 g/mol. The van der Waals surface area contributed by atoms with E-state index in [2.05, 4.69) is 59.6 Å². The van der Waals surface area contributed by atoms with Gasteiger partial charge in [-0.3, -0.25) is 0 Å². The third-order valence-electron chi connectivity index (χ3n) is 2.09. The molecule has 0 amide bonds. The van der Waals surface area contributed by atoms with E-state index in [1.165, 1.54) is 12.8 Å². The van der Waals surface area contributed by atoms with Gasteiger partial charge in [0.1, 0.15) is 0 Å². The van der Waals surface area contributed by atoms with E-state index in [1.807, 2.05) is 0 Å². The molecule has 0 aromatic heterocycles. The highest BCUT2D eigenvalue weighted by molar-refractivity contribution is 9.09. The second kappa shape index (κ2) is 4.99. The first kappa shape index (κ1) is 13.0. The van der Waals surface area contributed by atoms with E-state index in [9.17, 15) is 0 Å². The van der Waals surface area contributed by atoms with Crippen LogP contribution in [-0.4, -0.2) is 10.7 Å². The molecule has 0 unspecified atom stereocenters. The number of rotatable bonds is 5. The lowest BCUT2D eigenvalue weighted by molar-refractivity contribution is 0.213. The standard InChI is InChI=1S/C10H20Br2/c1-9(2,5-6-11)7-10(3,4)8-12/h5-8H2,1-4H3. The van der Waals surface area contributed by atoms with Crippen molar-refractivity contribution in [3.8, 4) is 0 Å². The number of hydrogen-bond acceptors (Lipinski definition) is 0. The van der Waals surface area contributed by atoms with Gasteiger partial charge in [0.25, 0.3) is 0 Å². The van der Waals surface area contributed by atoms with Crippen LogP contribution in [0.5, 0.6) is 0 Å². The molecule has 0 aliphatic carbocycles. The van der Waals surface area contributed by atoms with E-state index in [0.29, 0.717) is 10.8 Å². The quantitative estimate of drug-likeness (QED) is 0.650. The topological polar surface area (TPSA) is 0 Å². The first-order valence-corrected chi connectivity index (χ1v) is 6.69. The van der Waals surface area contributed by atoms with Crippen molar-refractivity contribution >= 4 is 31.9 Å². The number of halogens is 2. The lowest BCUT2D eigenvalue weighted by atomic mass is 9.75. The third kappa shape index (κ3) is 5.58. The third-order valence-corrected chi connectivity index (χ3v) is 4.00. The Kier molecular flexibility index (Phi) is 5.39. The minimum atomic E-state index is 0.422. The zero-order valence-corrected chi connectivity index (χ0v) is 11.8. The van der Waals surface area contributed by atoms with Crippen molar-refractivity contribution in [3.05, 3.63) is 0 Å². The van der Waals surface area contributed by atoms with Crippen LogP contribution in [0, 0.1) is 10.8 Å². The van der Waals surface area contributed by atoms with E-state index < -0.39 is 0 Å². The van der Waals surface area contributed by atoms with Crippen LogP contribution in [-0.2, 0) is 0 Å². The molecule has 0 aromatic carbocycles. The fourth-order valence-corrected chi connectivity index (χ4v) is 2.96. The molecule has 0 saturated carbocycles. The van der Waals surface area contributed by atoms with Gasteiger partial charge < -0.3 is 0 Å². The zero-order valence-electron chi connectivity index (χ0n) is 8.58. The maximum absolute atomic E-state index is 3.56. The van der Waals surface area contributed by atoms with Gasteiger partial charge in [-0.1, -0.05) is 59.6 Å². The fraction of sp³-hybridized carbons (Fsp3) is 1.00. The van der Waals surface area contributed by atoms with E-state index in [4.69, 9.17) is 0 Å². The Morgan fingerprint density at radius 1 is 0.917 bits per heavy atom. The van der Waals surface area contributed by atoms with E-state index in [0.717, 1.165) is 10.7 Å². The van der Waals surface area contributed by atoms with E-state index in [1.54, 1.807) is 0 Å². The monoisotopic (exact) mass is 298 g/mol. The van der Waals surface area contributed by atoms with Crippen molar-refractivity contribution in [1.82, 2.24) is 0 Å². The van der Waals surface area contributed by atoms with Gasteiger partial charge in [0.15, 0.2) is 0 Å². The summed E-state index contributed by atoms with van der Waals surface area (Å²) in [5.74, 6) is 0. The molecule has 12 heavy (non-hydrogen) atoms. The van der Waals surface area contributed by atoms with Gasteiger partial charge in [-0.25, -0.2) is 0 Å². The Bertz CT molecular complexity index is 128. The molecule has 0 N–H and O–H groups in total. The van der Waals surface area contributed by atoms with Gasteiger partial charge in [0.2, 0.25) is 0 Å². The maximum Gasteiger partial charge on any atom is 0.00828 e. The average Bonchev–Trinajstić information content (AvgIpc) is 1.85. The molecule has 0 aliphatic heterocycles. The van der Waals surface area contributed by atoms with Crippen molar-refractivity contribution in [2.45, 2.75) is 40.5 Å². The van der Waals surface area contributed by atoms with Crippen molar-refractivity contribution < 1.29 is 0 Å². The summed E-state index contributed by atoms with van der Waals surface area (Å²) >= 11 is 7.07. The minimum absolute atomic E-state index is 0.422. The van der Waals surface area contributed by atoms with Crippen LogP contribution in [0.3, 0.4) is 0 Å². The first-order valence-electron chi connectivity index (χ1n) is 4.45. The van der Waals surface area contributed by atoms with Gasteiger partial charge in [-0.15, -0.1) is 0 Å². The minimum Gasteiger partial charge on any atom is -0.0928 e. The summed E-state index contributed by atoms with van der Waals surface area (Å²) < 4.78 is 0. The fourth-order valence-electron chi connectivity index (χ4n) is 1.69. The molecular formula is C10H20Br2. The summed E-state index contributed by atoms with van der Waals surface area (Å²) in [7, 11) is 0. The normalized spacial score (nSPS) is 13.5. The van der Waals surface area contributed by atoms with Gasteiger partial charge >= 0.3 is 0 Å². The van der Waals surface area contributed by atoms with Crippen molar-refractivity contribution in [3.63, 3.8) is 0 Å². The maximum atomic E-state index is 3.56. The Morgan fingerprint density at radius 3 is 1.75 bits per heavy atom. The summed E-state index contributed by atoms with van der Waals surface area (Å²) in [6, 6.07) is 0. The summed E-state index contributed by atoms with van der Waals surface area (Å²) in [5.41, 5.74) is 0.881. The van der Waals surface area contributed by atoms with E-state index >= 15 is 0 Å². The lowest BCUT2D eigenvalue weighted by Gasteiger charge is -2.33. The predicted octanol–water partition coefficient (Wildman–Crippen LogP) is 4.61. The highest BCUT2D eigenvalue weighted by Gasteiger charge is 2.27. The van der Waals surface area contributed by atoms with Crippen LogP contribution >= 0.6 is 31.9 Å². The Balaban J connectivity index is 4.04. The largest absolute Gasteiger partial charge is 0.0928 e.